The van der Waals surface area contributed by atoms with Crippen molar-refractivity contribution in [2.45, 2.75) is 13.3 Å². The molecule has 0 saturated carbocycles. The Balaban J connectivity index is 1.87. The maximum atomic E-state index is 5.59. The molecular formula is C20H22N4O3S. The summed E-state index contributed by atoms with van der Waals surface area (Å²) < 4.78 is 18.2. The van der Waals surface area contributed by atoms with Crippen molar-refractivity contribution in [3.63, 3.8) is 0 Å². The van der Waals surface area contributed by atoms with Crippen LogP contribution in [0.25, 0.3) is 11.4 Å². The second-order valence-electron chi connectivity index (χ2n) is 5.90. The van der Waals surface area contributed by atoms with Gasteiger partial charge in [-0.2, -0.15) is 14.9 Å². The first-order valence-electron chi connectivity index (χ1n) is 8.83. The van der Waals surface area contributed by atoms with Crippen LogP contribution in [0.2, 0.25) is 0 Å². The van der Waals surface area contributed by atoms with Gasteiger partial charge in [-0.15, -0.1) is 0 Å². The number of nitrogens with one attached hydrogen (secondary N) is 1. The molecule has 0 radical (unpaired) electrons. The zero-order valence-corrected chi connectivity index (χ0v) is 16.8. The number of hydrogen-bond acceptors (Lipinski definition) is 6. The van der Waals surface area contributed by atoms with Crippen LogP contribution in [0.1, 0.15) is 18.9 Å². The minimum atomic E-state index is 0.393. The molecule has 3 aromatic rings. The van der Waals surface area contributed by atoms with E-state index in [0.29, 0.717) is 28.7 Å². The van der Waals surface area contributed by atoms with Crippen LogP contribution in [-0.4, -0.2) is 41.9 Å². The first-order chi connectivity index (χ1) is 13.7. The zero-order chi connectivity index (χ0) is 19.9. The van der Waals surface area contributed by atoms with E-state index in [0.717, 1.165) is 23.3 Å². The molecule has 2 aromatic carbocycles. The molecule has 28 heavy (non-hydrogen) atoms. The molecule has 0 spiro atoms. The summed E-state index contributed by atoms with van der Waals surface area (Å²) in [5.74, 6) is 2.66. The molecule has 146 valence electrons. The molecule has 0 atom stereocenters. The van der Waals surface area contributed by atoms with Gasteiger partial charge in [-0.1, -0.05) is 6.92 Å². The van der Waals surface area contributed by atoms with Crippen molar-refractivity contribution in [2.75, 3.05) is 20.8 Å². The Labute approximate surface area is 168 Å². The van der Waals surface area contributed by atoms with Crippen LogP contribution in [-0.2, 0) is 0 Å². The van der Waals surface area contributed by atoms with Gasteiger partial charge in [0.25, 0.3) is 0 Å². The quantitative estimate of drug-likeness (QED) is 0.452. The minimum Gasteiger partial charge on any atom is -0.494 e. The SMILES string of the molecule is CCCOc1ccc(C=Nn2c(-c3ccc(OC)c(OC)c3)n[nH]c2=S)cc1. The summed E-state index contributed by atoms with van der Waals surface area (Å²) in [6.45, 7) is 2.78. The molecule has 7 nitrogen and oxygen atoms in total. The third-order valence-electron chi connectivity index (χ3n) is 3.97. The van der Waals surface area contributed by atoms with Crippen molar-refractivity contribution in [1.29, 1.82) is 0 Å². The fourth-order valence-corrected chi connectivity index (χ4v) is 2.73. The summed E-state index contributed by atoms with van der Waals surface area (Å²) >= 11 is 5.32. The summed E-state index contributed by atoms with van der Waals surface area (Å²) in [7, 11) is 3.18. The van der Waals surface area contributed by atoms with Crippen LogP contribution in [0, 0.1) is 4.77 Å². The normalized spacial score (nSPS) is 11.0. The van der Waals surface area contributed by atoms with Gasteiger partial charge in [-0.25, -0.2) is 5.10 Å². The van der Waals surface area contributed by atoms with Crippen LogP contribution >= 0.6 is 12.2 Å². The Bertz CT molecular complexity index is 1010. The summed E-state index contributed by atoms with van der Waals surface area (Å²) in [4.78, 5) is 0. The summed E-state index contributed by atoms with van der Waals surface area (Å²) in [6, 6.07) is 13.2. The Morgan fingerprint density at radius 1 is 1.11 bits per heavy atom. The Kier molecular flexibility index (Phi) is 6.44. The molecule has 0 saturated heterocycles. The van der Waals surface area contributed by atoms with Crippen molar-refractivity contribution in [2.24, 2.45) is 5.10 Å². The molecule has 0 aliphatic carbocycles. The van der Waals surface area contributed by atoms with E-state index < -0.39 is 0 Å². The highest BCUT2D eigenvalue weighted by atomic mass is 32.1. The molecule has 0 aliphatic heterocycles. The van der Waals surface area contributed by atoms with Gasteiger partial charge in [0.15, 0.2) is 17.3 Å². The lowest BCUT2D eigenvalue weighted by molar-refractivity contribution is 0.317. The molecule has 0 bridgehead atoms. The van der Waals surface area contributed by atoms with Crippen LogP contribution in [0.4, 0.5) is 0 Å². The number of benzene rings is 2. The molecule has 0 amide bonds. The second-order valence-corrected chi connectivity index (χ2v) is 6.28. The lowest BCUT2D eigenvalue weighted by Crippen LogP contribution is -1.97. The van der Waals surface area contributed by atoms with Crippen molar-refractivity contribution in [3.8, 4) is 28.6 Å². The van der Waals surface area contributed by atoms with Crippen molar-refractivity contribution < 1.29 is 14.2 Å². The maximum Gasteiger partial charge on any atom is 0.216 e. The van der Waals surface area contributed by atoms with Gasteiger partial charge < -0.3 is 14.2 Å². The van der Waals surface area contributed by atoms with E-state index in [1.54, 1.807) is 25.1 Å². The minimum absolute atomic E-state index is 0.393. The van der Waals surface area contributed by atoms with E-state index in [-0.39, 0.29) is 0 Å². The van der Waals surface area contributed by atoms with E-state index in [1.165, 1.54) is 0 Å². The van der Waals surface area contributed by atoms with Gasteiger partial charge in [-0.3, -0.25) is 0 Å². The van der Waals surface area contributed by atoms with Crippen LogP contribution in [0.15, 0.2) is 47.6 Å². The Hall–Kier alpha value is -3.13. The molecule has 1 aromatic heterocycles. The first-order valence-corrected chi connectivity index (χ1v) is 9.24. The number of ether oxygens (including phenoxy) is 3. The van der Waals surface area contributed by atoms with Gasteiger partial charge in [0, 0.05) is 5.56 Å². The van der Waals surface area contributed by atoms with Crippen molar-refractivity contribution in [1.82, 2.24) is 14.9 Å². The molecule has 0 aliphatic rings. The Morgan fingerprint density at radius 2 is 1.86 bits per heavy atom. The largest absolute Gasteiger partial charge is 0.494 e. The highest BCUT2D eigenvalue weighted by Crippen LogP contribution is 2.31. The van der Waals surface area contributed by atoms with E-state index in [9.17, 15) is 0 Å². The summed E-state index contributed by atoms with van der Waals surface area (Å²) in [5.41, 5.74) is 1.72. The van der Waals surface area contributed by atoms with Gasteiger partial charge in [-0.05, 0) is 66.7 Å². The Morgan fingerprint density at radius 3 is 2.54 bits per heavy atom. The van der Waals surface area contributed by atoms with Gasteiger partial charge in [0.2, 0.25) is 4.77 Å². The number of H-pyrrole nitrogens is 1. The number of nitrogens with zero attached hydrogens (tertiary/aromatic N) is 3. The lowest BCUT2D eigenvalue weighted by atomic mass is 10.2. The van der Waals surface area contributed by atoms with E-state index >= 15 is 0 Å². The lowest BCUT2D eigenvalue weighted by Gasteiger charge is -2.09. The first kappa shape index (κ1) is 19.6. The fourth-order valence-electron chi connectivity index (χ4n) is 2.56. The topological polar surface area (TPSA) is 73.7 Å². The molecule has 3 rings (SSSR count). The standard InChI is InChI=1S/C20H22N4O3S/c1-4-11-27-16-8-5-14(6-9-16)13-21-24-19(22-23-20(24)28)15-7-10-17(25-2)18(12-15)26-3/h5-10,12-13H,4,11H2,1-3H3,(H,23,28). The highest BCUT2D eigenvalue weighted by molar-refractivity contribution is 7.71. The van der Waals surface area contributed by atoms with Gasteiger partial charge >= 0.3 is 0 Å². The number of aromatic amines is 1. The maximum absolute atomic E-state index is 5.59. The average Bonchev–Trinajstić information content (AvgIpc) is 3.11. The summed E-state index contributed by atoms with van der Waals surface area (Å²) in [6.07, 6.45) is 2.69. The smallest absolute Gasteiger partial charge is 0.216 e. The fraction of sp³-hybridized carbons (Fsp3) is 0.250. The van der Waals surface area contributed by atoms with Gasteiger partial charge in [0.1, 0.15) is 5.75 Å². The predicted molar refractivity (Wildman–Crippen MR) is 111 cm³/mol. The third-order valence-corrected chi connectivity index (χ3v) is 4.23. The molecule has 0 unspecified atom stereocenters. The van der Waals surface area contributed by atoms with E-state index in [4.69, 9.17) is 26.4 Å². The molecule has 8 heteroatoms. The molecule has 0 fully saturated rings. The average molecular weight is 398 g/mol. The van der Waals surface area contributed by atoms with Crippen molar-refractivity contribution >= 4 is 18.4 Å². The molecular weight excluding hydrogens is 376 g/mol. The van der Waals surface area contributed by atoms with Crippen LogP contribution in [0.5, 0.6) is 17.2 Å². The van der Waals surface area contributed by atoms with E-state index in [2.05, 4.69) is 22.2 Å². The van der Waals surface area contributed by atoms with Gasteiger partial charge in [0.05, 0.1) is 27.0 Å². The second kappa shape index (κ2) is 9.18. The number of methoxy groups -OCH3 is 2. The number of aromatic nitrogens is 3. The van der Waals surface area contributed by atoms with Crippen LogP contribution in [0.3, 0.4) is 0 Å². The zero-order valence-electron chi connectivity index (χ0n) is 16.0. The number of hydrogen-bond donors (Lipinski definition) is 1. The number of rotatable bonds is 8. The highest BCUT2D eigenvalue weighted by Gasteiger charge is 2.12. The van der Waals surface area contributed by atoms with E-state index in [1.807, 2.05) is 42.5 Å². The van der Waals surface area contributed by atoms with Crippen molar-refractivity contribution in [3.05, 3.63) is 52.8 Å². The molecule has 1 heterocycles. The van der Waals surface area contributed by atoms with Crippen LogP contribution < -0.4 is 14.2 Å². The predicted octanol–water partition coefficient (Wildman–Crippen LogP) is 4.30. The third kappa shape index (κ3) is 4.40. The monoisotopic (exact) mass is 398 g/mol. The summed E-state index contributed by atoms with van der Waals surface area (Å²) in [5, 5.41) is 11.6. The molecule has 1 N–H and O–H groups in total.